The van der Waals surface area contributed by atoms with Gasteiger partial charge >= 0.3 is 0 Å². The van der Waals surface area contributed by atoms with E-state index >= 15 is 0 Å². The summed E-state index contributed by atoms with van der Waals surface area (Å²) in [4.78, 5) is 12.5. The maximum Gasteiger partial charge on any atom is 0.203 e. The lowest BCUT2D eigenvalue weighted by Crippen LogP contribution is -2.03. The van der Waals surface area contributed by atoms with E-state index in [4.69, 9.17) is 18.6 Å². The Morgan fingerprint density at radius 3 is 2.12 bits per heavy atom. The van der Waals surface area contributed by atoms with Gasteiger partial charge in [-0.2, -0.15) is 0 Å². The van der Waals surface area contributed by atoms with Crippen LogP contribution in [0.25, 0.3) is 22.3 Å². The van der Waals surface area contributed by atoms with Crippen molar-refractivity contribution >= 4 is 11.0 Å². The zero-order valence-electron chi connectivity index (χ0n) is 14.2. The third-order valence-corrected chi connectivity index (χ3v) is 3.90. The van der Waals surface area contributed by atoms with Crippen LogP contribution >= 0.6 is 0 Å². The van der Waals surface area contributed by atoms with E-state index in [9.17, 15) is 20.1 Å². The predicted octanol–water partition coefficient (Wildman–Crippen LogP) is 2.60. The van der Waals surface area contributed by atoms with E-state index in [1.165, 1.54) is 39.5 Å². The first-order chi connectivity index (χ1) is 12.4. The van der Waals surface area contributed by atoms with Gasteiger partial charge in [-0.3, -0.25) is 4.79 Å². The van der Waals surface area contributed by atoms with E-state index in [1.807, 2.05) is 0 Å². The minimum absolute atomic E-state index is 0.0441. The van der Waals surface area contributed by atoms with E-state index in [0.29, 0.717) is 5.56 Å². The molecule has 0 atom stereocenters. The Balaban J connectivity index is 2.34. The fourth-order valence-corrected chi connectivity index (χ4v) is 2.75. The van der Waals surface area contributed by atoms with Crippen LogP contribution in [-0.4, -0.2) is 36.6 Å². The molecule has 3 rings (SSSR count). The maximum atomic E-state index is 12.5. The molecule has 3 aromatic rings. The second kappa shape index (κ2) is 6.40. The normalized spacial score (nSPS) is 10.7. The molecule has 0 saturated carbocycles. The molecule has 1 heterocycles. The Hall–Kier alpha value is -3.55. The summed E-state index contributed by atoms with van der Waals surface area (Å²) in [5, 5.41) is 29.8. The Bertz CT molecular complexity index is 1050. The molecular weight excluding hydrogens is 344 g/mol. The Morgan fingerprint density at radius 1 is 0.846 bits per heavy atom. The maximum absolute atomic E-state index is 12.5. The molecule has 1 aromatic heterocycles. The SMILES string of the molecule is COc1c(O)ccc(-c2cc(=O)c3c(O)c(OC)c(O)cc3o2)c1OC. The molecule has 26 heavy (non-hydrogen) atoms. The highest BCUT2D eigenvalue weighted by Crippen LogP contribution is 2.45. The Labute approximate surface area is 147 Å². The quantitative estimate of drug-likeness (QED) is 0.650. The van der Waals surface area contributed by atoms with Crippen LogP contribution in [0.3, 0.4) is 0 Å². The number of rotatable bonds is 4. The molecule has 0 aliphatic heterocycles. The van der Waals surface area contributed by atoms with Gasteiger partial charge in [0, 0.05) is 12.1 Å². The summed E-state index contributed by atoms with van der Waals surface area (Å²) in [6.45, 7) is 0. The molecular formula is C18H16O8. The predicted molar refractivity (Wildman–Crippen MR) is 92.6 cm³/mol. The van der Waals surface area contributed by atoms with Gasteiger partial charge in [0.25, 0.3) is 0 Å². The number of phenolic OH excluding ortho intramolecular Hbond substituents is 3. The van der Waals surface area contributed by atoms with Crippen LogP contribution in [-0.2, 0) is 0 Å². The first kappa shape index (κ1) is 17.3. The minimum atomic E-state index is -0.550. The molecule has 2 aromatic carbocycles. The number of benzene rings is 2. The summed E-state index contributed by atoms with van der Waals surface area (Å²) in [5.41, 5.74) is -0.250. The van der Waals surface area contributed by atoms with Crippen LogP contribution < -0.4 is 19.6 Å². The molecule has 0 fully saturated rings. The molecule has 0 aliphatic carbocycles. The van der Waals surface area contributed by atoms with Crippen LogP contribution in [0.15, 0.2) is 33.5 Å². The molecule has 0 spiro atoms. The molecule has 0 saturated heterocycles. The first-order valence-electron chi connectivity index (χ1n) is 7.44. The average Bonchev–Trinajstić information content (AvgIpc) is 2.60. The highest BCUT2D eigenvalue weighted by atomic mass is 16.5. The van der Waals surface area contributed by atoms with E-state index in [0.717, 1.165) is 6.07 Å². The van der Waals surface area contributed by atoms with Gasteiger partial charge in [-0.25, -0.2) is 0 Å². The molecule has 8 heteroatoms. The molecule has 3 N–H and O–H groups in total. The van der Waals surface area contributed by atoms with Gasteiger partial charge in [0.15, 0.2) is 28.4 Å². The number of aromatic hydroxyl groups is 3. The van der Waals surface area contributed by atoms with Gasteiger partial charge in [-0.05, 0) is 12.1 Å². The molecule has 0 bridgehead atoms. The van der Waals surface area contributed by atoms with Crippen molar-refractivity contribution in [3.8, 4) is 45.8 Å². The zero-order valence-corrected chi connectivity index (χ0v) is 14.2. The van der Waals surface area contributed by atoms with Crippen molar-refractivity contribution in [1.29, 1.82) is 0 Å². The fraction of sp³-hybridized carbons (Fsp3) is 0.167. The lowest BCUT2D eigenvalue weighted by Gasteiger charge is -2.14. The molecule has 0 aliphatic rings. The Kier molecular flexibility index (Phi) is 4.25. The average molecular weight is 360 g/mol. The third kappa shape index (κ3) is 2.52. The van der Waals surface area contributed by atoms with E-state index in [-0.39, 0.29) is 45.5 Å². The number of methoxy groups -OCH3 is 3. The highest BCUT2D eigenvalue weighted by molar-refractivity contribution is 5.90. The molecule has 0 amide bonds. The van der Waals surface area contributed by atoms with Crippen molar-refractivity contribution in [1.82, 2.24) is 0 Å². The summed E-state index contributed by atoms with van der Waals surface area (Å²) in [6, 6.07) is 5.18. The van der Waals surface area contributed by atoms with Crippen LogP contribution in [0.2, 0.25) is 0 Å². The number of ether oxygens (including phenoxy) is 3. The third-order valence-electron chi connectivity index (χ3n) is 3.90. The molecule has 8 nitrogen and oxygen atoms in total. The van der Waals surface area contributed by atoms with Crippen LogP contribution in [0.1, 0.15) is 0 Å². The topological polar surface area (TPSA) is 119 Å². The van der Waals surface area contributed by atoms with E-state index in [1.54, 1.807) is 0 Å². The molecule has 136 valence electrons. The van der Waals surface area contributed by atoms with Gasteiger partial charge in [0.2, 0.25) is 11.5 Å². The van der Waals surface area contributed by atoms with E-state index in [2.05, 4.69) is 0 Å². The van der Waals surface area contributed by atoms with Crippen molar-refractivity contribution in [2.24, 2.45) is 0 Å². The standard InChI is InChI=1S/C18H16O8/c1-23-16-8(4-5-9(19)18(16)25-3)12-6-10(20)14-13(26-12)7-11(21)17(24-2)15(14)22/h4-7,19,21-22H,1-3H3. The zero-order chi connectivity index (χ0) is 19.0. The van der Waals surface area contributed by atoms with Crippen molar-refractivity contribution in [2.45, 2.75) is 0 Å². The van der Waals surface area contributed by atoms with Gasteiger partial charge in [0.05, 0.1) is 26.9 Å². The number of hydrogen-bond donors (Lipinski definition) is 3. The first-order valence-corrected chi connectivity index (χ1v) is 7.44. The van der Waals surface area contributed by atoms with Gasteiger partial charge in [-0.15, -0.1) is 0 Å². The lowest BCUT2D eigenvalue weighted by molar-refractivity contribution is 0.333. The highest BCUT2D eigenvalue weighted by Gasteiger charge is 2.22. The summed E-state index contributed by atoms with van der Waals surface area (Å²) in [6.07, 6.45) is 0. The lowest BCUT2D eigenvalue weighted by atomic mass is 10.1. The number of phenols is 3. The molecule has 0 unspecified atom stereocenters. The van der Waals surface area contributed by atoms with Gasteiger partial charge in [-0.1, -0.05) is 0 Å². The van der Waals surface area contributed by atoms with Crippen LogP contribution in [0.5, 0.6) is 34.5 Å². The van der Waals surface area contributed by atoms with E-state index < -0.39 is 11.2 Å². The number of hydrogen-bond acceptors (Lipinski definition) is 8. The minimum Gasteiger partial charge on any atom is -0.504 e. The smallest absolute Gasteiger partial charge is 0.203 e. The monoisotopic (exact) mass is 360 g/mol. The summed E-state index contributed by atoms with van der Waals surface area (Å²) < 4.78 is 21.0. The van der Waals surface area contributed by atoms with Crippen molar-refractivity contribution in [2.75, 3.05) is 21.3 Å². The van der Waals surface area contributed by atoms with Crippen molar-refractivity contribution < 1.29 is 33.9 Å². The van der Waals surface area contributed by atoms with Crippen LogP contribution in [0, 0.1) is 0 Å². The second-order valence-corrected chi connectivity index (χ2v) is 5.32. The van der Waals surface area contributed by atoms with Gasteiger partial charge in [0.1, 0.15) is 16.7 Å². The summed E-state index contributed by atoms with van der Waals surface area (Å²) in [7, 11) is 3.99. The van der Waals surface area contributed by atoms with Crippen molar-refractivity contribution in [3.05, 3.63) is 34.5 Å². The second-order valence-electron chi connectivity index (χ2n) is 5.32. The summed E-state index contributed by atoms with van der Waals surface area (Å²) >= 11 is 0. The Morgan fingerprint density at radius 2 is 1.50 bits per heavy atom. The van der Waals surface area contributed by atoms with Gasteiger partial charge < -0.3 is 33.9 Å². The largest absolute Gasteiger partial charge is 0.504 e. The van der Waals surface area contributed by atoms with Crippen molar-refractivity contribution in [3.63, 3.8) is 0 Å². The van der Waals surface area contributed by atoms with Crippen LogP contribution in [0.4, 0.5) is 0 Å². The fourth-order valence-electron chi connectivity index (χ4n) is 2.75. The number of fused-ring (bicyclic) bond motifs is 1. The summed E-state index contributed by atoms with van der Waals surface area (Å²) in [5.74, 6) is -0.921. The molecule has 0 radical (unpaired) electrons.